The lowest BCUT2D eigenvalue weighted by Crippen LogP contribution is -2.51. The van der Waals surface area contributed by atoms with E-state index in [4.69, 9.17) is 0 Å². The predicted molar refractivity (Wildman–Crippen MR) is 178 cm³/mol. The van der Waals surface area contributed by atoms with Crippen molar-refractivity contribution >= 4 is 5.78 Å². The highest BCUT2D eigenvalue weighted by Gasteiger charge is 2.56. The third-order valence-electron chi connectivity index (χ3n) is 12.1. The number of nitrogens with zero attached hydrogens (tertiary/aromatic N) is 1. The van der Waals surface area contributed by atoms with Gasteiger partial charge >= 0.3 is 0 Å². The van der Waals surface area contributed by atoms with Gasteiger partial charge in [-0.15, -0.1) is 12.3 Å². The molecular formula is C38H63N3O. The minimum Gasteiger partial charge on any atom is -0.314 e. The van der Waals surface area contributed by atoms with Crippen LogP contribution in [0.25, 0.3) is 0 Å². The van der Waals surface area contributed by atoms with Crippen LogP contribution >= 0.6 is 0 Å². The quantitative estimate of drug-likeness (QED) is 0.172. The van der Waals surface area contributed by atoms with Crippen molar-refractivity contribution in [1.29, 1.82) is 0 Å². The molecule has 1 aromatic heterocycles. The average molecular weight is 578 g/mol. The second-order valence-corrected chi connectivity index (χ2v) is 14.5. The number of aromatic nitrogens is 1. The summed E-state index contributed by atoms with van der Waals surface area (Å²) in [4.78, 5) is 15.9. The van der Waals surface area contributed by atoms with E-state index in [2.05, 4.69) is 67.8 Å². The molecule has 0 amide bonds. The number of terminal acetylenes is 1. The number of ketones is 1. The zero-order valence-corrected chi connectivity index (χ0v) is 28.0. The highest BCUT2D eigenvalue weighted by Crippen LogP contribution is 2.64. The van der Waals surface area contributed by atoms with Gasteiger partial charge in [0.15, 0.2) is 0 Å². The average Bonchev–Trinajstić information content (AvgIpc) is 3.31. The summed E-state index contributed by atoms with van der Waals surface area (Å²) in [6, 6.07) is 6.82. The van der Waals surface area contributed by atoms with Crippen molar-refractivity contribution in [1.82, 2.24) is 15.6 Å². The molecule has 3 fully saturated rings. The van der Waals surface area contributed by atoms with E-state index in [9.17, 15) is 4.79 Å². The van der Waals surface area contributed by atoms with Crippen molar-refractivity contribution in [3.8, 4) is 12.3 Å². The Kier molecular flexibility index (Phi) is 14.0. The Morgan fingerprint density at radius 1 is 1.02 bits per heavy atom. The molecule has 4 heteroatoms. The second kappa shape index (κ2) is 17.0. The smallest absolute Gasteiger partial charge is 0.129 e. The van der Waals surface area contributed by atoms with Crippen molar-refractivity contribution in [3.63, 3.8) is 0 Å². The van der Waals surface area contributed by atoms with Crippen LogP contribution in [-0.2, 0) is 11.3 Å². The summed E-state index contributed by atoms with van der Waals surface area (Å²) in [6.07, 6.45) is 23.2. The number of hydrogen-bond donors (Lipinski definition) is 2. The Morgan fingerprint density at radius 3 is 2.40 bits per heavy atom. The third kappa shape index (κ3) is 8.92. The molecule has 8 unspecified atom stereocenters. The van der Waals surface area contributed by atoms with E-state index < -0.39 is 0 Å². The monoisotopic (exact) mass is 577 g/mol. The molecule has 0 bridgehead atoms. The molecule has 8 atom stereocenters. The van der Waals surface area contributed by atoms with Crippen LogP contribution in [0.15, 0.2) is 24.4 Å². The number of unbranched alkanes of at least 4 members (excludes halogenated alkanes) is 1. The molecule has 2 N–H and O–H groups in total. The number of rotatable bonds is 14. The summed E-state index contributed by atoms with van der Waals surface area (Å²) in [5.41, 5.74) is 2.13. The summed E-state index contributed by atoms with van der Waals surface area (Å²) < 4.78 is 0. The second-order valence-electron chi connectivity index (χ2n) is 14.5. The number of hydrogen-bond acceptors (Lipinski definition) is 4. The third-order valence-corrected chi connectivity index (χ3v) is 12.1. The fourth-order valence-corrected chi connectivity index (χ4v) is 9.73. The van der Waals surface area contributed by atoms with Gasteiger partial charge in [-0.2, -0.15) is 0 Å². The SMILES string of the molecule is C#CC.CCC1CC(NCCCCNCc2ccccn2)CCC1(C)C1CCC2(C)C(CCCC(C)=O)CCC2C1C. The van der Waals surface area contributed by atoms with Gasteiger partial charge in [0.25, 0.3) is 0 Å². The van der Waals surface area contributed by atoms with Crippen LogP contribution in [0.2, 0.25) is 0 Å². The van der Waals surface area contributed by atoms with Crippen LogP contribution in [0.4, 0.5) is 0 Å². The van der Waals surface area contributed by atoms with Crippen molar-refractivity contribution in [2.75, 3.05) is 13.1 Å². The highest BCUT2D eigenvalue weighted by atomic mass is 16.1. The van der Waals surface area contributed by atoms with Gasteiger partial charge in [0, 0.05) is 25.2 Å². The van der Waals surface area contributed by atoms with Crippen LogP contribution in [0.3, 0.4) is 0 Å². The largest absolute Gasteiger partial charge is 0.314 e. The van der Waals surface area contributed by atoms with E-state index in [1.165, 1.54) is 70.6 Å². The maximum absolute atomic E-state index is 11.5. The summed E-state index contributed by atoms with van der Waals surface area (Å²) in [7, 11) is 0. The first-order chi connectivity index (χ1) is 20.2. The number of Topliss-reactive ketones (excluding diaryl/α,β-unsaturated/α-hetero) is 1. The van der Waals surface area contributed by atoms with Crippen molar-refractivity contribution < 1.29 is 4.79 Å². The Bertz CT molecular complexity index is 972. The molecule has 3 aliphatic rings. The lowest BCUT2D eigenvalue weighted by Gasteiger charge is -2.57. The number of carbonyl (C=O) groups is 1. The molecule has 0 saturated heterocycles. The molecule has 0 spiro atoms. The molecule has 4 rings (SSSR count). The molecule has 0 aliphatic heterocycles. The van der Waals surface area contributed by atoms with Crippen molar-refractivity contribution in [2.24, 2.45) is 40.4 Å². The molecule has 0 aromatic carbocycles. The van der Waals surface area contributed by atoms with E-state index in [1.807, 2.05) is 12.3 Å². The number of nitrogens with one attached hydrogen (secondary N) is 2. The fourth-order valence-electron chi connectivity index (χ4n) is 9.73. The maximum atomic E-state index is 11.5. The van der Waals surface area contributed by atoms with Gasteiger partial charge in [0.2, 0.25) is 0 Å². The van der Waals surface area contributed by atoms with Gasteiger partial charge in [-0.1, -0.05) is 40.2 Å². The summed E-state index contributed by atoms with van der Waals surface area (Å²) in [6.45, 7) is 16.9. The van der Waals surface area contributed by atoms with Crippen LogP contribution < -0.4 is 10.6 Å². The lowest BCUT2D eigenvalue weighted by molar-refractivity contribution is -0.117. The first-order valence-corrected chi connectivity index (χ1v) is 17.4. The molecule has 42 heavy (non-hydrogen) atoms. The Morgan fingerprint density at radius 2 is 1.71 bits per heavy atom. The highest BCUT2D eigenvalue weighted by molar-refractivity contribution is 5.75. The molecule has 1 aromatic rings. The summed E-state index contributed by atoms with van der Waals surface area (Å²) >= 11 is 0. The first-order valence-electron chi connectivity index (χ1n) is 17.4. The number of carbonyl (C=O) groups excluding carboxylic acids is 1. The molecule has 0 radical (unpaired) electrons. The Labute approximate surface area is 259 Å². The van der Waals surface area contributed by atoms with Crippen LogP contribution in [0.1, 0.15) is 131 Å². The minimum absolute atomic E-state index is 0.365. The molecular weight excluding hydrogens is 514 g/mol. The van der Waals surface area contributed by atoms with Gasteiger partial charge in [0.1, 0.15) is 5.78 Å². The molecule has 236 valence electrons. The molecule has 3 saturated carbocycles. The summed E-state index contributed by atoms with van der Waals surface area (Å²) in [5.74, 6) is 6.89. The van der Waals surface area contributed by atoms with Crippen molar-refractivity contribution in [2.45, 2.75) is 138 Å². The van der Waals surface area contributed by atoms with E-state index in [-0.39, 0.29) is 0 Å². The number of pyridine rings is 1. The Balaban J connectivity index is 0.00000155. The van der Waals surface area contributed by atoms with Crippen LogP contribution in [0.5, 0.6) is 0 Å². The minimum atomic E-state index is 0.365. The maximum Gasteiger partial charge on any atom is 0.129 e. The normalized spacial score (nSPS) is 34.1. The lowest BCUT2D eigenvalue weighted by atomic mass is 9.48. The topological polar surface area (TPSA) is 54.0 Å². The van der Waals surface area contributed by atoms with E-state index in [0.29, 0.717) is 22.7 Å². The van der Waals surface area contributed by atoms with Gasteiger partial charge in [-0.05, 0) is 150 Å². The predicted octanol–water partition coefficient (Wildman–Crippen LogP) is 8.60. The zero-order chi connectivity index (χ0) is 30.6. The van der Waals surface area contributed by atoms with E-state index >= 15 is 0 Å². The summed E-state index contributed by atoms with van der Waals surface area (Å²) in [5, 5.41) is 7.50. The molecule has 1 heterocycles. The van der Waals surface area contributed by atoms with E-state index in [1.54, 1.807) is 13.8 Å². The van der Waals surface area contributed by atoms with Gasteiger partial charge < -0.3 is 15.4 Å². The van der Waals surface area contributed by atoms with Gasteiger partial charge in [-0.25, -0.2) is 0 Å². The van der Waals surface area contributed by atoms with Gasteiger partial charge in [-0.3, -0.25) is 4.98 Å². The van der Waals surface area contributed by atoms with Gasteiger partial charge in [0.05, 0.1) is 5.69 Å². The first kappa shape index (κ1) is 34.8. The number of fused-ring (bicyclic) bond motifs is 1. The van der Waals surface area contributed by atoms with Crippen molar-refractivity contribution in [3.05, 3.63) is 30.1 Å². The van der Waals surface area contributed by atoms with Crippen LogP contribution in [-0.4, -0.2) is 29.9 Å². The Hall–Kier alpha value is -1.70. The zero-order valence-electron chi connectivity index (χ0n) is 28.0. The van der Waals surface area contributed by atoms with E-state index in [0.717, 1.165) is 67.8 Å². The standard InChI is InChI=1S/C35H59N3O.C3H4/c1-6-28-24-30(37-23-10-9-21-36-25-31-14-7-8-22-38-31)17-19-34(28,4)33-18-20-35(5)29(13-11-12-26(2)39)15-16-32(35)27(33)3;1-3-2/h7-8,14,22,27-30,32-33,36-37H,6,9-13,15-21,23-25H2,1-5H3;1H,2H3. The molecule has 3 aliphatic carbocycles. The van der Waals surface area contributed by atoms with Crippen LogP contribution in [0, 0.1) is 52.8 Å². The fraction of sp³-hybridized carbons (Fsp3) is 0.789. The molecule has 4 nitrogen and oxygen atoms in total.